The highest BCUT2D eigenvalue weighted by Crippen LogP contribution is 2.50. The summed E-state index contributed by atoms with van der Waals surface area (Å²) in [6.45, 7) is 4.65. The van der Waals surface area contributed by atoms with Crippen molar-refractivity contribution in [1.29, 1.82) is 0 Å². The van der Waals surface area contributed by atoms with Crippen LogP contribution in [0.25, 0.3) is 11.3 Å². The minimum atomic E-state index is -0.578. The number of nitrogens with one attached hydrogen (secondary N) is 2. The molecule has 0 radical (unpaired) electrons. The second-order valence-electron chi connectivity index (χ2n) is 9.35. The number of urea groups is 1. The van der Waals surface area contributed by atoms with E-state index in [1.54, 1.807) is 28.3 Å². The summed E-state index contributed by atoms with van der Waals surface area (Å²) in [4.78, 5) is 46.7. The largest absolute Gasteiger partial charge is 0.351 e. The number of hydrogen-bond acceptors (Lipinski definition) is 7. The Balaban J connectivity index is 1.26. The molecular formula is C27H25N7O3S. The molecule has 3 aliphatic heterocycles. The summed E-state index contributed by atoms with van der Waals surface area (Å²) >= 11 is 1.34. The van der Waals surface area contributed by atoms with Crippen LogP contribution in [0.2, 0.25) is 0 Å². The lowest BCUT2D eigenvalue weighted by molar-refractivity contribution is -0.129. The normalized spacial score (nSPS) is 21.9. The fourth-order valence-corrected chi connectivity index (χ4v) is 6.45. The Hall–Kier alpha value is -4.25. The summed E-state index contributed by atoms with van der Waals surface area (Å²) in [5.41, 5.74) is 3.57. The van der Waals surface area contributed by atoms with Crippen LogP contribution in [0.1, 0.15) is 24.4 Å². The molecule has 0 spiro atoms. The molecule has 4 amide bonds. The van der Waals surface area contributed by atoms with Crippen LogP contribution >= 0.6 is 11.8 Å². The van der Waals surface area contributed by atoms with Gasteiger partial charge in [-0.1, -0.05) is 48.7 Å². The number of thioether (sulfide) groups is 1. The molecule has 1 aromatic carbocycles. The van der Waals surface area contributed by atoms with Crippen molar-refractivity contribution in [1.82, 2.24) is 30.7 Å². The van der Waals surface area contributed by atoms with Gasteiger partial charge in [-0.3, -0.25) is 14.5 Å². The minimum Gasteiger partial charge on any atom is -0.351 e. The summed E-state index contributed by atoms with van der Waals surface area (Å²) < 4.78 is 0. The number of piperidine rings is 1. The predicted molar refractivity (Wildman–Crippen MR) is 143 cm³/mol. The van der Waals surface area contributed by atoms with Gasteiger partial charge in [0.05, 0.1) is 29.3 Å². The van der Waals surface area contributed by atoms with Gasteiger partial charge < -0.3 is 15.5 Å². The molecule has 3 aliphatic rings. The van der Waals surface area contributed by atoms with E-state index in [1.807, 2.05) is 36.4 Å². The first-order valence-corrected chi connectivity index (χ1v) is 13.3. The Morgan fingerprint density at radius 3 is 2.87 bits per heavy atom. The molecule has 1 saturated heterocycles. The minimum absolute atomic E-state index is 0.138. The highest BCUT2D eigenvalue weighted by molar-refractivity contribution is 8.01. The summed E-state index contributed by atoms with van der Waals surface area (Å²) in [7, 11) is 0. The number of carbonyl (C=O) groups is 3. The Labute approximate surface area is 223 Å². The van der Waals surface area contributed by atoms with Gasteiger partial charge in [0.15, 0.2) is 0 Å². The molecule has 6 rings (SSSR count). The van der Waals surface area contributed by atoms with Crippen LogP contribution in [0.5, 0.6) is 0 Å². The first kappa shape index (κ1) is 24.1. The molecule has 0 saturated carbocycles. The summed E-state index contributed by atoms with van der Waals surface area (Å²) in [5.74, 6) is -0.325. The van der Waals surface area contributed by atoms with E-state index < -0.39 is 11.3 Å². The Bertz CT molecular complexity index is 1430. The van der Waals surface area contributed by atoms with Crippen molar-refractivity contribution in [3.05, 3.63) is 73.1 Å². The Morgan fingerprint density at radius 2 is 2.05 bits per heavy atom. The van der Waals surface area contributed by atoms with Crippen LogP contribution in [-0.4, -0.2) is 62.3 Å². The van der Waals surface area contributed by atoms with E-state index in [2.05, 4.69) is 32.4 Å². The van der Waals surface area contributed by atoms with Gasteiger partial charge in [0.25, 0.3) is 0 Å². The molecule has 1 fully saturated rings. The molecule has 11 heteroatoms. The number of likely N-dealkylation sites (tertiary alicyclic amines) is 1. The maximum Gasteiger partial charge on any atom is 0.327 e. The average Bonchev–Trinajstić information content (AvgIpc) is 3.33. The average molecular weight is 528 g/mol. The lowest BCUT2D eigenvalue weighted by Crippen LogP contribution is -2.53. The molecule has 5 heterocycles. The zero-order chi connectivity index (χ0) is 26.2. The zero-order valence-corrected chi connectivity index (χ0v) is 21.2. The van der Waals surface area contributed by atoms with Crippen LogP contribution in [0.15, 0.2) is 72.5 Å². The van der Waals surface area contributed by atoms with Gasteiger partial charge in [0.2, 0.25) is 11.8 Å². The van der Waals surface area contributed by atoms with E-state index in [4.69, 9.17) is 0 Å². The van der Waals surface area contributed by atoms with Gasteiger partial charge in [-0.05, 0) is 31.1 Å². The van der Waals surface area contributed by atoms with E-state index in [0.29, 0.717) is 35.2 Å². The number of carbonyl (C=O) groups excluding carboxylic acids is 3. The maximum absolute atomic E-state index is 13.5. The van der Waals surface area contributed by atoms with Gasteiger partial charge in [-0.2, -0.15) is 10.2 Å². The zero-order valence-electron chi connectivity index (χ0n) is 20.4. The number of amides is 4. The van der Waals surface area contributed by atoms with E-state index in [9.17, 15) is 14.4 Å². The molecule has 10 nitrogen and oxygen atoms in total. The van der Waals surface area contributed by atoms with Crippen molar-refractivity contribution in [3.63, 3.8) is 0 Å². The van der Waals surface area contributed by atoms with Crippen LogP contribution in [0.3, 0.4) is 0 Å². The number of hydrogen-bond donors (Lipinski definition) is 2. The predicted octanol–water partition coefficient (Wildman–Crippen LogP) is 3.21. The van der Waals surface area contributed by atoms with E-state index in [1.165, 1.54) is 17.8 Å². The Morgan fingerprint density at radius 1 is 1.21 bits per heavy atom. The van der Waals surface area contributed by atoms with Gasteiger partial charge >= 0.3 is 6.03 Å². The van der Waals surface area contributed by atoms with Crippen LogP contribution in [0, 0.1) is 0 Å². The van der Waals surface area contributed by atoms with Crippen molar-refractivity contribution in [2.24, 2.45) is 0 Å². The van der Waals surface area contributed by atoms with Crippen molar-refractivity contribution in [3.8, 4) is 11.3 Å². The summed E-state index contributed by atoms with van der Waals surface area (Å²) in [5, 5.41) is 14.6. The monoisotopic (exact) mass is 527 g/mol. The van der Waals surface area contributed by atoms with Crippen molar-refractivity contribution in [2.75, 3.05) is 18.0 Å². The molecule has 0 bridgehead atoms. The van der Waals surface area contributed by atoms with Gasteiger partial charge in [0.1, 0.15) is 10.3 Å². The standard InChI is InChI=1S/C27H25N7O3S/c1-2-21(35)33-12-6-9-17(15-33)30-25(36)24-23-22-20(10-11-28-26(22)38-24)34(27(37)31-23)18-13-19(32-29-14-18)16-7-4-3-5-8-16/h2-5,7-8,10-11,13-14,17,23-24H,1,6,9,12,15H2,(H,30,36)(H,31,37)/t17?,23?,24-/m1/s1. The summed E-state index contributed by atoms with van der Waals surface area (Å²) in [6.07, 6.45) is 6.07. The van der Waals surface area contributed by atoms with Crippen LogP contribution in [-0.2, 0) is 9.59 Å². The Kier molecular flexibility index (Phi) is 6.28. The number of aromatic nitrogens is 3. The maximum atomic E-state index is 13.5. The number of rotatable bonds is 5. The van der Waals surface area contributed by atoms with E-state index in [0.717, 1.165) is 24.0 Å². The smallest absolute Gasteiger partial charge is 0.327 e. The molecule has 3 aromatic rings. The molecular weight excluding hydrogens is 502 g/mol. The van der Waals surface area contributed by atoms with Crippen LogP contribution in [0.4, 0.5) is 16.2 Å². The molecule has 2 aromatic heterocycles. The van der Waals surface area contributed by atoms with Crippen LogP contribution < -0.4 is 15.5 Å². The molecule has 192 valence electrons. The fraction of sp³-hybridized carbons (Fsp3) is 0.259. The van der Waals surface area contributed by atoms with Crippen molar-refractivity contribution >= 4 is 41.0 Å². The number of nitrogens with zero attached hydrogens (tertiary/aromatic N) is 5. The van der Waals surface area contributed by atoms with Crippen molar-refractivity contribution in [2.45, 2.75) is 35.2 Å². The lowest BCUT2D eigenvalue weighted by Gasteiger charge is -2.35. The third kappa shape index (κ3) is 4.28. The molecule has 2 unspecified atom stereocenters. The third-order valence-electron chi connectivity index (χ3n) is 6.99. The lowest BCUT2D eigenvalue weighted by atomic mass is 9.99. The fourth-order valence-electron chi connectivity index (χ4n) is 5.22. The number of anilines is 2. The molecule has 2 N–H and O–H groups in total. The quantitative estimate of drug-likeness (QED) is 0.489. The van der Waals surface area contributed by atoms with Gasteiger partial charge in [-0.25, -0.2) is 9.78 Å². The second-order valence-corrected chi connectivity index (χ2v) is 10.5. The number of benzene rings is 1. The summed E-state index contributed by atoms with van der Waals surface area (Å²) in [6, 6.07) is 12.2. The third-order valence-corrected chi connectivity index (χ3v) is 8.27. The van der Waals surface area contributed by atoms with Crippen molar-refractivity contribution < 1.29 is 14.4 Å². The van der Waals surface area contributed by atoms with Gasteiger partial charge in [0, 0.05) is 36.5 Å². The topological polar surface area (TPSA) is 120 Å². The molecule has 0 aliphatic carbocycles. The first-order valence-electron chi connectivity index (χ1n) is 12.4. The highest BCUT2D eigenvalue weighted by atomic mass is 32.2. The van der Waals surface area contributed by atoms with Gasteiger partial charge in [-0.15, -0.1) is 0 Å². The highest BCUT2D eigenvalue weighted by Gasteiger charge is 2.47. The number of pyridine rings is 1. The van der Waals surface area contributed by atoms with E-state index >= 15 is 0 Å². The van der Waals surface area contributed by atoms with E-state index in [-0.39, 0.29) is 23.9 Å². The molecule has 38 heavy (non-hydrogen) atoms. The molecule has 3 atom stereocenters. The first-order chi connectivity index (χ1) is 18.5. The second kappa shape index (κ2) is 9.90. The SMILES string of the molecule is C=CC(=O)N1CCCC(NC(=O)[C@@H]2Sc3nccc4c3C2NC(=O)N4c2cnnc(-c3ccccc3)c2)C1.